The van der Waals surface area contributed by atoms with Crippen molar-refractivity contribution in [3.05, 3.63) is 29.6 Å². The molecule has 0 bridgehead atoms. The van der Waals surface area contributed by atoms with E-state index < -0.39 is 0 Å². The van der Waals surface area contributed by atoms with Crippen LogP contribution in [0.3, 0.4) is 0 Å². The molecule has 0 unspecified atom stereocenters. The molecule has 1 rings (SSSR count). The maximum Gasteiger partial charge on any atom is 0.131 e. The topological polar surface area (TPSA) is 44.5 Å². The first kappa shape index (κ1) is 13.9. The lowest BCUT2D eigenvalue weighted by molar-refractivity contribution is 0.100. The molecule has 0 aliphatic carbocycles. The Hall–Kier alpha value is -1.13. The van der Waals surface area contributed by atoms with E-state index in [9.17, 15) is 4.39 Å². The normalized spacial score (nSPS) is 12.5. The Kier molecular flexibility index (Phi) is 5.94. The zero-order chi connectivity index (χ0) is 12.7. The molecular formula is C13H20FNO2. The van der Waals surface area contributed by atoms with Gasteiger partial charge < -0.3 is 15.2 Å². The second kappa shape index (κ2) is 7.25. The lowest BCUT2D eigenvalue weighted by Crippen LogP contribution is -2.09. The molecule has 0 aliphatic heterocycles. The molecule has 3 nitrogen and oxygen atoms in total. The average Bonchev–Trinajstić information content (AvgIpc) is 2.28. The van der Waals surface area contributed by atoms with Gasteiger partial charge in [-0.3, -0.25) is 0 Å². The number of halogens is 1. The minimum Gasteiger partial charge on any atom is -0.491 e. The number of hydrogen-bond acceptors (Lipinski definition) is 3. The van der Waals surface area contributed by atoms with Crippen molar-refractivity contribution in [2.75, 3.05) is 19.8 Å². The van der Waals surface area contributed by atoms with Crippen molar-refractivity contribution in [1.82, 2.24) is 0 Å². The van der Waals surface area contributed by atoms with Gasteiger partial charge in [0.1, 0.15) is 18.2 Å². The van der Waals surface area contributed by atoms with Crippen LogP contribution in [0.1, 0.15) is 31.9 Å². The smallest absolute Gasteiger partial charge is 0.131 e. The molecule has 1 aromatic carbocycles. The average molecular weight is 241 g/mol. The van der Waals surface area contributed by atoms with Crippen molar-refractivity contribution in [1.29, 1.82) is 0 Å². The summed E-state index contributed by atoms with van der Waals surface area (Å²) in [6.07, 6.45) is 0.984. The minimum absolute atomic E-state index is 0.308. The number of ether oxygens (including phenoxy) is 2. The lowest BCUT2D eigenvalue weighted by atomic mass is 10.1. The second-order valence-electron chi connectivity index (χ2n) is 3.93. The fourth-order valence-corrected chi connectivity index (χ4v) is 1.43. The van der Waals surface area contributed by atoms with Crippen molar-refractivity contribution in [2.45, 2.75) is 26.3 Å². The molecule has 0 saturated carbocycles. The first-order valence-corrected chi connectivity index (χ1v) is 5.90. The molecule has 0 aromatic heterocycles. The standard InChI is InChI=1S/C13H20FNO2/c1-3-6-16-7-8-17-11-4-5-12(10(2)15)13(14)9-11/h4-5,9-10H,3,6-8,15H2,1-2H3/t10-/m0/s1. The van der Waals surface area contributed by atoms with Crippen LogP contribution in [-0.4, -0.2) is 19.8 Å². The van der Waals surface area contributed by atoms with Gasteiger partial charge in [0.25, 0.3) is 0 Å². The van der Waals surface area contributed by atoms with Crippen LogP contribution in [0, 0.1) is 5.82 Å². The quantitative estimate of drug-likeness (QED) is 0.746. The molecule has 0 amide bonds. The van der Waals surface area contributed by atoms with Crippen molar-refractivity contribution >= 4 is 0 Å². The van der Waals surface area contributed by atoms with Gasteiger partial charge in [-0.1, -0.05) is 13.0 Å². The zero-order valence-corrected chi connectivity index (χ0v) is 10.4. The highest BCUT2D eigenvalue weighted by Crippen LogP contribution is 2.20. The third-order valence-corrected chi connectivity index (χ3v) is 2.31. The Morgan fingerprint density at radius 1 is 1.29 bits per heavy atom. The molecule has 17 heavy (non-hydrogen) atoms. The number of nitrogens with two attached hydrogens (primary N) is 1. The molecule has 1 atom stereocenters. The van der Waals surface area contributed by atoms with Gasteiger partial charge in [0.05, 0.1) is 6.61 Å². The third kappa shape index (κ3) is 4.71. The van der Waals surface area contributed by atoms with Gasteiger partial charge in [-0.25, -0.2) is 4.39 Å². The minimum atomic E-state index is -0.327. The van der Waals surface area contributed by atoms with Crippen molar-refractivity contribution in [2.24, 2.45) is 5.73 Å². The third-order valence-electron chi connectivity index (χ3n) is 2.31. The highest BCUT2D eigenvalue weighted by molar-refractivity contribution is 5.30. The number of hydrogen-bond donors (Lipinski definition) is 1. The fraction of sp³-hybridized carbons (Fsp3) is 0.538. The summed E-state index contributed by atoms with van der Waals surface area (Å²) in [6, 6.07) is 4.43. The number of rotatable bonds is 7. The van der Waals surface area contributed by atoms with E-state index in [4.69, 9.17) is 15.2 Å². The molecule has 0 radical (unpaired) electrons. The number of benzene rings is 1. The fourth-order valence-electron chi connectivity index (χ4n) is 1.43. The van der Waals surface area contributed by atoms with Gasteiger partial charge in [0.15, 0.2) is 0 Å². The summed E-state index contributed by atoms with van der Waals surface area (Å²) in [6.45, 7) is 5.46. The molecular weight excluding hydrogens is 221 g/mol. The van der Waals surface area contributed by atoms with Crippen LogP contribution in [0.15, 0.2) is 18.2 Å². The van der Waals surface area contributed by atoms with E-state index in [0.717, 1.165) is 13.0 Å². The predicted octanol–water partition coefficient (Wildman–Crippen LogP) is 2.65. The van der Waals surface area contributed by atoms with E-state index in [0.29, 0.717) is 24.5 Å². The molecule has 0 heterocycles. The van der Waals surface area contributed by atoms with Gasteiger partial charge >= 0.3 is 0 Å². The van der Waals surface area contributed by atoms with E-state index in [1.165, 1.54) is 6.07 Å². The first-order chi connectivity index (χ1) is 8.15. The first-order valence-electron chi connectivity index (χ1n) is 5.90. The SMILES string of the molecule is CCCOCCOc1ccc([C@H](C)N)c(F)c1. The Bertz CT molecular complexity index is 342. The molecule has 0 saturated heterocycles. The van der Waals surface area contributed by atoms with E-state index in [-0.39, 0.29) is 11.9 Å². The second-order valence-corrected chi connectivity index (χ2v) is 3.93. The molecule has 4 heteroatoms. The van der Waals surface area contributed by atoms with Gasteiger partial charge in [0.2, 0.25) is 0 Å². The van der Waals surface area contributed by atoms with Crippen LogP contribution in [0.2, 0.25) is 0 Å². The van der Waals surface area contributed by atoms with Crippen LogP contribution in [0.25, 0.3) is 0 Å². The van der Waals surface area contributed by atoms with Crippen LogP contribution in [0.4, 0.5) is 4.39 Å². The summed E-state index contributed by atoms with van der Waals surface area (Å²) in [7, 11) is 0. The lowest BCUT2D eigenvalue weighted by Gasteiger charge is -2.10. The molecule has 0 aliphatic rings. The maximum atomic E-state index is 13.5. The Balaban J connectivity index is 2.42. The zero-order valence-electron chi connectivity index (χ0n) is 10.4. The molecule has 1 aromatic rings. The molecule has 0 fully saturated rings. The Labute approximate surface area is 102 Å². The Morgan fingerprint density at radius 3 is 2.65 bits per heavy atom. The maximum absolute atomic E-state index is 13.5. The summed E-state index contributed by atoms with van der Waals surface area (Å²) in [4.78, 5) is 0. The highest BCUT2D eigenvalue weighted by Gasteiger charge is 2.07. The highest BCUT2D eigenvalue weighted by atomic mass is 19.1. The molecule has 96 valence electrons. The summed E-state index contributed by atoms with van der Waals surface area (Å²) < 4.78 is 24.2. The summed E-state index contributed by atoms with van der Waals surface area (Å²) in [5.41, 5.74) is 6.12. The van der Waals surface area contributed by atoms with E-state index in [2.05, 4.69) is 0 Å². The van der Waals surface area contributed by atoms with Crippen molar-refractivity contribution in [3.63, 3.8) is 0 Å². The summed E-state index contributed by atoms with van der Waals surface area (Å²) in [5, 5.41) is 0. The summed E-state index contributed by atoms with van der Waals surface area (Å²) >= 11 is 0. The van der Waals surface area contributed by atoms with Gasteiger partial charge in [0, 0.05) is 24.3 Å². The van der Waals surface area contributed by atoms with E-state index in [1.807, 2.05) is 6.92 Å². The van der Waals surface area contributed by atoms with Crippen LogP contribution < -0.4 is 10.5 Å². The largest absolute Gasteiger partial charge is 0.491 e. The van der Waals surface area contributed by atoms with E-state index >= 15 is 0 Å². The van der Waals surface area contributed by atoms with E-state index in [1.54, 1.807) is 19.1 Å². The Morgan fingerprint density at radius 2 is 2.06 bits per heavy atom. The van der Waals surface area contributed by atoms with Crippen LogP contribution in [0.5, 0.6) is 5.75 Å². The van der Waals surface area contributed by atoms with Gasteiger partial charge in [-0.2, -0.15) is 0 Å². The van der Waals surface area contributed by atoms with Crippen LogP contribution >= 0.6 is 0 Å². The van der Waals surface area contributed by atoms with Gasteiger partial charge in [-0.05, 0) is 19.4 Å². The monoisotopic (exact) mass is 241 g/mol. The summed E-state index contributed by atoms with van der Waals surface area (Å²) in [5.74, 6) is 0.180. The molecule has 2 N–H and O–H groups in total. The van der Waals surface area contributed by atoms with Crippen LogP contribution in [-0.2, 0) is 4.74 Å². The van der Waals surface area contributed by atoms with Crippen molar-refractivity contribution in [3.8, 4) is 5.75 Å². The van der Waals surface area contributed by atoms with Gasteiger partial charge in [-0.15, -0.1) is 0 Å². The molecule has 0 spiro atoms. The van der Waals surface area contributed by atoms with Crippen molar-refractivity contribution < 1.29 is 13.9 Å². The predicted molar refractivity (Wildman–Crippen MR) is 65.6 cm³/mol.